The normalized spacial score (nSPS) is 10.9. The van der Waals surface area contributed by atoms with Gasteiger partial charge in [0.25, 0.3) is 5.91 Å². The van der Waals surface area contributed by atoms with Crippen LogP contribution in [0.4, 0.5) is 0 Å². The standard InChI is InChI=1S/C21H21N3O4/c1-3-28-20(25)14-24-13-16(18-6-4-5-7-19(18)24)12-22-23-21(26)15-8-10-17(27-2)11-9-15/h4-13H,3,14H2,1-2H3,(H,23,26)/b22-12-. The Morgan fingerprint density at radius 3 is 2.61 bits per heavy atom. The minimum absolute atomic E-state index is 0.112. The molecule has 0 aliphatic carbocycles. The van der Waals surface area contributed by atoms with Crippen molar-refractivity contribution in [2.24, 2.45) is 5.10 Å². The molecular formula is C21H21N3O4. The summed E-state index contributed by atoms with van der Waals surface area (Å²) in [4.78, 5) is 24.0. The van der Waals surface area contributed by atoms with Gasteiger partial charge < -0.3 is 14.0 Å². The van der Waals surface area contributed by atoms with Crippen molar-refractivity contribution in [3.05, 3.63) is 65.9 Å². The molecule has 0 aliphatic heterocycles. The van der Waals surface area contributed by atoms with Gasteiger partial charge in [-0.2, -0.15) is 5.10 Å². The summed E-state index contributed by atoms with van der Waals surface area (Å²) in [6.45, 7) is 2.22. The highest BCUT2D eigenvalue weighted by Gasteiger charge is 2.11. The van der Waals surface area contributed by atoms with Crippen molar-refractivity contribution in [1.29, 1.82) is 0 Å². The molecule has 7 heteroatoms. The predicted molar refractivity (Wildman–Crippen MR) is 107 cm³/mol. The summed E-state index contributed by atoms with van der Waals surface area (Å²) in [6.07, 6.45) is 3.37. The van der Waals surface area contributed by atoms with Gasteiger partial charge in [0.05, 0.1) is 19.9 Å². The summed E-state index contributed by atoms with van der Waals surface area (Å²) in [5.74, 6) is 0.0446. The molecule has 0 fully saturated rings. The molecule has 3 aromatic rings. The van der Waals surface area contributed by atoms with E-state index in [4.69, 9.17) is 9.47 Å². The average Bonchev–Trinajstić information content (AvgIpc) is 3.06. The van der Waals surface area contributed by atoms with Crippen LogP contribution in [0.2, 0.25) is 0 Å². The van der Waals surface area contributed by atoms with Gasteiger partial charge in [-0.3, -0.25) is 9.59 Å². The minimum Gasteiger partial charge on any atom is -0.497 e. The SMILES string of the molecule is CCOC(=O)Cn1cc(/C=N\NC(=O)c2ccc(OC)cc2)c2ccccc21. The van der Waals surface area contributed by atoms with Crippen molar-refractivity contribution in [2.45, 2.75) is 13.5 Å². The second-order valence-corrected chi connectivity index (χ2v) is 5.96. The van der Waals surface area contributed by atoms with Gasteiger partial charge in [0.2, 0.25) is 0 Å². The fourth-order valence-electron chi connectivity index (χ4n) is 2.82. The molecule has 1 amide bonds. The molecule has 3 rings (SSSR count). The number of hydrazone groups is 1. The first-order chi connectivity index (χ1) is 13.6. The largest absolute Gasteiger partial charge is 0.497 e. The molecule has 0 radical (unpaired) electrons. The first kappa shape index (κ1) is 19.2. The highest BCUT2D eigenvalue weighted by atomic mass is 16.5. The van der Waals surface area contributed by atoms with Crippen LogP contribution in [0.15, 0.2) is 59.8 Å². The highest BCUT2D eigenvalue weighted by molar-refractivity contribution is 6.01. The lowest BCUT2D eigenvalue weighted by Gasteiger charge is -2.04. The van der Waals surface area contributed by atoms with Crippen molar-refractivity contribution in [3.8, 4) is 5.75 Å². The first-order valence-corrected chi connectivity index (χ1v) is 8.83. The number of benzene rings is 2. The molecule has 144 valence electrons. The Morgan fingerprint density at radius 1 is 1.14 bits per heavy atom. The van der Waals surface area contributed by atoms with Gasteiger partial charge in [0.15, 0.2) is 0 Å². The van der Waals surface area contributed by atoms with Crippen molar-refractivity contribution in [2.75, 3.05) is 13.7 Å². The molecule has 0 bridgehead atoms. The molecule has 0 unspecified atom stereocenters. The zero-order chi connectivity index (χ0) is 19.9. The number of nitrogens with one attached hydrogen (secondary N) is 1. The van der Waals surface area contributed by atoms with Crippen molar-refractivity contribution in [1.82, 2.24) is 9.99 Å². The smallest absolute Gasteiger partial charge is 0.325 e. The van der Waals surface area contributed by atoms with Gasteiger partial charge in [0.1, 0.15) is 12.3 Å². The van der Waals surface area contributed by atoms with E-state index in [1.54, 1.807) is 49.1 Å². The van der Waals surface area contributed by atoms with Crippen LogP contribution >= 0.6 is 0 Å². The van der Waals surface area contributed by atoms with Crippen LogP contribution in [0, 0.1) is 0 Å². The van der Waals surface area contributed by atoms with Gasteiger partial charge in [0, 0.05) is 28.2 Å². The summed E-state index contributed by atoms with van der Waals surface area (Å²) in [5, 5.41) is 4.98. The number of nitrogens with zero attached hydrogens (tertiary/aromatic N) is 2. The van der Waals surface area contributed by atoms with Crippen molar-refractivity contribution >= 4 is 29.0 Å². The Morgan fingerprint density at radius 2 is 1.89 bits per heavy atom. The Hall–Kier alpha value is -3.61. The van der Waals surface area contributed by atoms with Crippen LogP contribution in [0.25, 0.3) is 10.9 Å². The molecule has 1 heterocycles. The van der Waals surface area contributed by atoms with E-state index in [-0.39, 0.29) is 18.4 Å². The maximum atomic E-state index is 12.2. The van der Waals surface area contributed by atoms with Crippen LogP contribution in [-0.4, -0.2) is 36.4 Å². The summed E-state index contributed by atoms with van der Waals surface area (Å²) in [6, 6.07) is 14.4. The third kappa shape index (κ3) is 4.37. The van der Waals surface area contributed by atoms with E-state index in [0.29, 0.717) is 17.9 Å². The predicted octanol–water partition coefficient (Wildman–Crippen LogP) is 2.98. The van der Waals surface area contributed by atoms with E-state index in [0.717, 1.165) is 16.5 Å². The maximum Gasteiger partial charge on any atom is 0.325 e. The molecule has 2 aromatic carbocycles. The molecule has 1 aromatic heterocycles. The number of carbonyl (C=O) groups excluding carboxylic acids is 2. The van der Waals surface area contributed by atoms with E-state index in [2.05, 4.69) is 10.5 Å². The second kappa shape index (κ2) is 8.85. The third-order valence-corrected chi connectivity index (χ3v) is 4.15. The summed E-state index contributed by atoms with van der Waals surface area (Å²) >= 11 is 0. The lowest BCUT2D eigenvalue weighted by atomic mass is 10.2. The molecular weight excluding hydrogens is 358 g/mol. The van der Waals surface area contributed by atoms with Crippen LogP contribution in [0.1, 0.15) is 22.8 Å². The average molecular weight is 379 g/mol. The molecule has 1 N–H and O–H groups in total. The van der Waals surface area contributed by atoms with Crippen LogP contribution in [0.5, 0.6) is 5.75 Å². The van der Waals surface area contributed by atoms with E-state index < -0.39 is 0 Å². The van der Waals surface area contributed by atoms with E-state index in [1.165, 1.54) is 0 Å². The minimum atomic E-state index is -0.325. The Balaban J connectivity index is 1.75. The van der Waals surface area contributed by atoms with Gasteiger partial charge in [-0.05, 0) is 37.3 Å². The Kier molecular flexibility index (Phi) is 6.06. The fourth-order valence-corrected chi connectivity index (χ4v) is 2.82. The summed E-state index contributed by atoms with van der Waals surface area (Å²) in [7, 11) is 1.57. The Bertz CT molecular complexity index is 1010. The molecule has 0 spiro atoms. The van der Waals surface area contributed by atoms with Gasteiger partial charge in [-0.15, -0.1) is 0 Å². The number of ether oxygens (including phenoxy) is 2. The van der Waals surface area contributed by atoms with E-state index >= 15 is 0 Å². The quantitative estimate of drug-likeness (QED) is 0.389. The van der Waals surface area contributed by atoms with Gasteiger partial charge >= 0.3 is 5.97 Å². The number of esters is 1. The molecule has 7 nitrogen and oxygen atoms in total. The number of amides is 1. The number of hydrogen-bond acceptors (Lipinski definition) is 5. The lowest BCUT2D eigenvalue weighted by Crippen LogP contribution is -2.17. The second-order valence-electron chi connectivity index (χ2n) is 5.96. The highest BCUT2D eigenvalue weighted by Crippen LogP contribution is 2.20. The van der Waals surface area contributed by atoms with Crippen LogP contribution < -0.4 is 10.2 Å². The molecule has 0 saturated heterocycles. The van der Waals surface area contributed by atoms with E-state index in [9.17, 15) is 9.59 Å². The number of rotatable bonds is 7. The zero-order valence-electron chi connectivity index (χ0n) is 15.7. The molecule has 0 aliphatic rings. The number of aromatic nitrogens is 1. The van der Waals surface area contributed by atoms with Gasteiger partial charge in [-0.25, -0.2) is 5.43 Å². The molecule has 0 saturated carbocycles. The summed E-state index contributed by atoms with van der Waals surface area (Å²) < 4.78 is 11.9. The van der Waals surface area contributed by atoms with E-state index in [1.807, 2.05) is 30.5 Å². The van der Waals surface area contributed by atoms with Crippen LogP contribution in [0.3, 0.4) is 0 Å². The molecule has 0 atom stereocenters. The number of hydrogen-bond donors (Lipinski definition) is 1. The number of para-hydroxylation sites is 1. The lowest BCUT2D eigenvalue weighted by molar-refractivity contribution is -0.143. The maximum absolute atomic E-state index is 12.2. The number of fused-ring (bicyclic) bond motifs is 1. The van der Waals surface area contributed by atoms with Gasteiger partial charge in [-0.1, -0.05) is 18.2 Å². The first-order valence-electron chi connectivity index (χ1n) is 8.83. The van der Waals surface area contributed by atoms with Crippen molar-refractivity contribution < 1.29 is 19.1 Å². The Labute approximate surface area is 162 Å². The summed E-state index contributed by atoms with van der Waals surface area (Å²) in [5.41, 5.74) is 4.66. The van der Waals surface area contributed by atoms with Crippen LogP contribution in [-0.2, 0) is 16.1 Å². The zero-order valence-corrected chi connectivity index (χ0v) is 15.7. The third-order valence-electron chi connectivity index (χ3n) is 4.15. The fraction of sp³-hybridized carbons (Fsp3) is 0.190. The molecule has 28 heavy (non-hydrogen) atoms. The van der Waals surface area contributed by atoms with Crippen molar-refractivity contribution in [3.63, 3.8) is 0 Å². The topological polar surface area (TPSA) is 81.9 Å². The number of methoxy groups -OCH3 is 1. The monoisotopic (exact) mass is 379 g/mol. The number of carbonyl (C=O) groups is 2.